The molecule has 0 aliphatic heterocycles. The molecule has 0 aliphatic carbocycles. The van der Waals surface area contributed by atoms with E-state index in [4.69, 9.17) is 11.5 Å². The van der Waals surface area contributed by atoms with E-state index in [-0.39, 0.29) is 5.96 Å². The second-order valence-electron chi connectivity index (χ2n) is 2.36. The lowest BCUT2D eigenvalue weighted by molar-refractivity contribution is 0.698. The largest absolute Gasteiger partial charge is 0.370 e. The third kappa shape index (κ3) is 3.07. The summed E-state index contributed by atoms with van der Waals surface area (Å²) in [6, 6.07) is 3.93. The molecule has 0 radical (unpaired) electrons. The first-order chi connectivity index (χ1) is 5.79. The highest BCUT2D eigenvalue weighted by molar-refractivity contribution is 5.75. The molecule has 0 fully saturated rings. The Morgan fingerprint density at radius 3 is 3.00 bits per heavy atom. The lowest BCUT2D eigenvalue weighted by Crippen LogP contribution is -2.25. The second kappa shape index (κ2) is 4.40. The van der Waals surface area contributed by atoms with Gasteiger partial charge in [-0.1, -0.05) is 0 Å². The maximum Gasteiger partial charge on any atom is 0.187 e. The van der Waals surface area contributed by atoms with E-state index in [1.807, 2.05) is 18.3 Å². The first kappa shape index (κ1) is 8.61. The Morgan fingerprint density at radius 1 is 1.58 bits per heavy atom. The minimum Gasteiger partial charge on any atom is -0.370 e. The van der Waals surface area contributed by atoms with Crippen LogP contribution in [0.1, 0.15) is 5.69 Å². The van der Waals surface area contributed by atoms with Crippen molar-refractivity contribution in [2.45, 2.75) is 6.54 Å². The van der Waals surface area contributed by atoms with Crippen molar-refractivity contribution in [1.29, 1.82) is 0 Å². The van der Waals surface area contributed by atoms with E-state index in [1.165, 1.54) is 0 Å². The third-order valence-corrected chi connectivity index (χ3v) is 1.35. The van der Waals surface area contributed by atoms with Crippen LogP contribution in [0.25, 0.3) is 0 Å². The Hall–Kier alpha value is -1.49. The molecule has 12 heavy (non-hydrogen) atoms. The van der Waals surface area contributed by atoms with Gasteiger partial charge in [-0.25, -0.2) is 4.99 Å². The number of guanidine groups is 1. The summed E-state index contributed by atoms with van der Waals surface area (Å²) in [5, 5.41) is 3.04. The lowest BCUT2D eigenvalue weighted by atomic mass is 10.4. The monoisotopic (exact) mass is 167 g/mol. The zero-order valence-electron chi connectivity index (χ0n) is 6.75. The predicted molar refractivity (Wildman–Crippen MR) is 48.3 cm³/mol. The van der Waals surface area contributed by atoms with Crippen molar-refractivity contribution in [2.24, 2.45) is 16.5 Å². The zero-order valence-corrected chi connectivity index (χ0v) is 6.75. The second-order valence-corrected chi connectivity index (χ2v) is 2.36. The molecule has 1 aromatic heterocycles. The van der Waals surface area contributed by atoms with Crippen molar-refractivity contribution >= 4 is 5.96 Å². The van der Waals surface area contributed by atoms with Gasteiger partial charge in [0.1, 0.15) is 0 Å². The summed E-state index contributed by atoms with van der Waals surface area (Å²) < 4.78 is 0. The van der Waals surface area contributed by atoms with E-state index in [9.17, 15) is 0 Å². The standard InChI is InChI=1S/C7H13N5/c8-7(9)12-5-10-4-6-2-1-3-11-6/h1-3,10-11H,4-5H2,(H4,8,9,12). The van der Waals surface area contributed by atoms with Crippen molar-refractivity contribution in [3.8, 4) is 0 Å². The summed E-state index contributed by atoms with van der Waals surface area (Å²) in [5.74, 6) is 0.106. The number of hydrogen-bond acceptors (Lipinski definition) is 2. The summed E-state index contributed by atoms with van der Waals surface area (Å²) in [4.78, 5) is 6.82. The molecule has 0 saturated carbocycles. The first-order valence-corrected chi connectivity index (χ1v) is 3.67. The molecule has 1 aromatic rings. The van der Waals surface area contributed by atoms with E-state index in [2.05, 4.69) is 15.3 Å². The molecule has 0 aromatic carbocycles. The maximum absolute atomic E-state index is 5.13. The van der Waals surface area contributed by atoms with Crippen LogP contribution in [0.15, 0.2) is 23.3 Å². The van der Waals surface area contributed by atoms with Crippen LogP contribution < -0.4 is 16.8 Å². The van der Waals surface area contributed by atoms with Crippen LogP contribution in [-0.2, 0) is 6.54 Å². The Bertz CT molecular complexity index is 234. The molecule has 66 valence electrons. The van der Waals surface area contributed by atoms with Crippen LogP contribution in [0.3, 0.4) is 0 Å². The third-order valence-electron chi connectivity index (χ3n) is 1.35. The minimum absolute atomic E-state index is 0.106. The number of aromatic nitrogens is 1. The molecule has 1 rings (SSSR count). The number of rotatable bonds is 4. The van der Waals surface area contributed by atoms with Crippen LogP contribution in [0.2, 0.25) is 0 Å². The molecule has 0 atom stereocenters. The number of aliphatic imine (C=N–C) groups is 1. The minimum atomic E-state index is 0.106. The van der Waals surface area contributed by atoms with Crippen molar-refractivity contribution in [3.05, 3.63) is 24.0 Å². The van der Waals surface area contributed by atoms with Crippen LogP contribution in [0, 0.1) is 0 Å². The molecular formula is C7H13N5. The van der Waals surface area contributed by atoms with E-state index < -0.39 is 0 Å². The molecule has 5 heteroatoms. The highest BCUT2D eigenvalue weighted by Crippen LogP contribution is 1.91. The molecule has 6 N–H and O–H groups in total. The fourth-order valence-electron chi connectivity index (χ4n) is 0.815. The summed E-state index contributed by atoms with van der Waals surface area (Å²) in [6.45, 7) is 1.19. The summed E-state index contributed by atoms with van der Waals surface area (Å²) in [7, 11) is 0. The molecule has 0 amide bonds. The highest BCUT2D eigenvalue weighted by Gasteiger charge is 1.89. The summed E-state index contributed by atoms with van der Waals surface area (Å²) >= 11 is 0. The SMILES string of the molecule is NC(N)=NCNCc1ccc[nH]1. The number of nitrogens with two attached hydrogens (primary N) is 2. The van der Waals surface area contributed by atoms with Gasteiger partial charge in [0.15, 0.2) is 5.96 Å². The quantitative estimate of drug-likeness (QED) is 0.272. The van der Waals surface area contributed by atoms with Gasteiger partial charge in [0.25, 0.3) is 0 Å². The Labute approximate surface area is 70.9 Å². The average Bonchev–Trinajstić information content (AvgIpc) is 2.49. The highest BCUT2D eigenvalue weighted by atomic mass is 15.1. The molecule has 1 heterocycles. The zero-order chi connectivity index (χ0) is 8.81. The lowest BCUT2D eigenvalue weighted by Gasteiger charge is -1.98. The Morgan fingerprint density at radius 2 is 2.42 bits per heavy atom. The van der Waals surface area contributed by atoms with Crippen molar-refractivity contribution in [1.82, 2.24) is 10.3 Å². The predicted octanol–water partition coefficient (Wildman–Crippen LogP) is -0.665. The van der Waals surface area contributed by atoms with Gasteiger partial charge in [0, 0.05) is 18.4 Å². The Kier molecular flexibility index (Phi) is 3.16. The van der Waals surface area contributed by atoms with Crippen LogP contribution in [0.5, 0.6) is 0 Å². The number of H-pyrrole nitrogens is 1. The number of aromatic amines is 1. The van der Waals surface area contributed by atoms with Gasteiger partial charge in [0.2, 0.25) is 0 Å². The Balaban J connectivity index is 2.16. The van der Waals surface area contributed by atoms with Gasteiger partial charge in [-0.3, -0.25) is 5.32 Å². The molecule has 0 spiro atoms. The number of nitrogens with one attached hydrogen (secondary N) is 2. The number of nitrogens with zero attached hydrogens (tertiary/aromatic N) is 1. The van der Waals surface area contributed by atoms with Gasteiger partial charge >= 0.3 is 0 Å². The van der Waals surface area contributed by atoms with Crippen molar-refractivity contribution in [2.75, 3.05) is 6.67 Å². The molecule has 0 bridgehead atoms. The van der Waals surface area contributed by atoms with Crippen LogP contribution >= 0.6 is 0 Å². The maximum atomic E-state index is 5.13. The van der Waals surface area contributed by atoms with E-state index >= 15 is 0 Å². The summed E-state index contributed by atoms with van der Waals surface area (Å²) in [6.07, 6.45) is 1.87. The smallest absolute Gasteiger partial charge is 0.187 e. The molecular weight excluding hydrogens is 154 g/mol. The molecule has 0 unspecified atom stereocenters. The van der Waals surface area contributed by atoms with Crippen LogP contribution in [-0.4, -0.2) is 17.6 Å². The molecule has 5 nitrogen and oxygen atoms in total. The van der Waals surface area contributed by atoms with Gasteiger partial charge < -0.3 is 16.5 Å². The van der Waals surface area contributed by atoms with Crippen LogP contribution in [0.4, 0.5) is 0 Å². The topological polar surface area (TPSA) is 92.2 Å². The van der Waals surface area contributed by atoms with Gasteiger partial charge in [-0.15, -0.1) is 0 Å². The average molecular weight is 167 g/mol. The fourth-order valence-corrected chi connectivity index (χ4v) is 0.815. The van der Waals surface area contributed by atoms with E-state index in [0.29, 0.717) is 6.67 Å². The number of hydrogen-bond donors (Lipinski definition) is 4. The van der Waals surface area contributed by atoms with Gasteiger partial charge in [0.05, 0.1) is 6.67 Å². The fraction of sp³-hybridized carbons (Fsp3) is 0.286. The molecule has 0 aliphatic rings. The normalized spacial score (nSPS) is 9.67. The molecule has 0 saturated heterocycles. The first-order valence-electron chi connectivity index (χ1n) is 3.67. The summed E-state index contributed by atoms with van der Waals surface area (Å²) in [5.41, 5.74) is 11.4. The van der Waals surface area contributed by atoms with E-state index in [1.54, 1.807) is 0 Å². The van der Waals surface area contributed by atoms with Crippen molar-refractivity contribution < 1.29 is 0 Å². The van der Waals surface area contributed by atoms with E-state index in [0.717, 1.165) is 12.2 Å². The van der Waals surface area contributed by atoms with Crippen molar-refractivity contribution in [3.63, 3.8) is 0 Å². The van der Waals surface area contributed by atoms with Gasteiger partial charge in [-0.2, -0.15) is 0 Å². The van der Waals surface area contributed by atoms with Gasteiger partial charge in [-0.05, 0) is 12.1 Å².